The highest BCUT2D eigenvalue weighted by molar-refractivity contribution is 7.91. The van der Waals surface area contributed by atoms with Gasteiger partial charge in [0.05, 0.1) is 5.25 Å². The van der Waals surface area contributed by atoms with E-state index in [0.717, 1.165) is 45.1 Å². The van der Waals surface area contributed by atoms with E-state index >= 15 is 0 Å². The van der Waals surface area contributed by atoms with Crippen molar-refractivity contribution in [2.45, 2.75) is 49.8 Å². The zero-order valence-corrected chi connectivity index (χ0v) is 13.0. The molecule has 2 unspecified atom stereocenters. The molecule has 0 aromatic heterocycles. The number of hydrogen-bond acceptors (Lipinski definition) is 3. The molecule has 1 aliphatic carbocycles. The first-order valence-corrected chi connectivity index (χ1v) is 9.47. The summed E-state index contributed by atoms with van der Waals surface area (Å²) in [6.07, 6.45) is 7.30. The molecule has 2 rings (SSSR count). The van der Waals surface area contributed by atoms with E-state index < -0.39 is 9.84 Å². The smallest absolute Gasteiger partial charge is 0.150 e. The van der Waals surface area contributed by atoms with Gasteiger partial charge in [-0.15, -0.1) is 0 Å². The molecule has 1 N–H and O–H groups in total. The first-order chi connectivity index (χ1) is 9.55. The molecule has 0 amide bonds. The van der Waals surface area contributed by atoms with Crippen LogP contribution in [0.15, 0.2) is 30.3 Å². The maximum Gasteiger partial charge on any atom is 0.150 e. The van der Waals surface area contributed by atoms with Gasteiger partial charge in [0.2, 0.25) is 0 Å². The molecule has 0 aliphatic heterocycles. The molecular formula is C16H25NO2S. The van der Waals surface area contributed by atoms with E-state index in [1.807, 2.05) is 6.07 Å². The van der Waals surface area contributed by atoms with Crippen LogP contribution in [0.1, 0.15) is 37.7 Å². The van der Waals surface area contributed by atoms with Crippen molar-refractivity contribution in [2.75, 3.05) is 12.8 Å². The minimum absolute atomic E-state index is 0.136. The Balaban J connectivity index is 1.69. The van der Waals surface area contributed by atoms with Gasteiger partial charge in [0, 0.05) is 12.3 Å². The molecule has 20 heavy (non-hydrogen) atoms. The summed E-state index contributed by atoms with van der Waals surface area (Å²) >= 11 is 0. The highest BCUT2D eigenvalue weighted by Gasteiger charge is 2.28. The maximum absolute atomic E-state index is 11.6. The third-order valence-electron chi connectivity index (χ3n) is 4.15. The Morgan fingerprint density at radius 2 is 1.95 bits per heavy atom. The van der Waals surface area contributed by atoms with Gasteiger partial charge in [-0.2, -0.15) is 0 Å². The standard InChI is InChI=1S/C16H25NO2S/c1-20(18,19)16-11-5-10-15(13-16)17-12-6-9-14-7-3-2-4-8-14/h2-4,7-8,15-17H,5-6,9-13H2,1H3. The molecule has 0 bridgehead atoms. The minimum atomic E-state index is -2.87. The quantitative estimate of drug-likeness (QED) is 0.821. The highest BCUT2D eigenvalue weighted by Crippen LogP contribution is 2.23. The fourth-order valence-corrected chi connectivity index (χ4v) is 4.14. The van der Waals surface area contributed by atoms with E-state index in [1.165, 1.54) is 11.8 Å². The SMILES string of the molecule is CS(=O)(=O)C1CCCC(NCCCc2ccccc2)C1. The van der Waals surface area contributed by atoms with Crippen LogP contribution in [-0.4, -0.2) is 32.5 Å². The van der Waals surface area contributed by atoms with Gasteiger partial charge in [0.1, 0.15) is 9.84 Å². The van der Waals surface area contributed by atoms with Crippen LogP contribution in [0.25, 0.3) is 0 Å². The Kier molecular flexibility index (Phi) is 5.61. The van der Waals surface area contributed by atoms with Gasteiger partial charge in [0.25, 0.3) is 0 Å². The van der Waals surface area contributed by atoms with E-state index in [9.17, 15) is 8.42 Å². The molecule has 0 spiro atoms. The van der Waals surface area contributed by atoms with Crippen molar-refractivity contribution in [3.05, 3.63) is 35.9 Å². The second kappa shape index (κ2) is 7.23. The fourth-order valence-electron chi connectivity index (χ4n) is 2.96. The van der Waals surface area contributed by atoms with Crippen molar-refractivity contribution in [3.8, 4) is 0 Å². The Bertz CT molecular complexity index is 498. The monoisotopic (exact) mass is 295 g/mol. The van der Waals surface area contributed by atoms with Crippen molar-refractivity contribution in [1.29, 1.82) is 0 Å². The lowest BCUT2D eigenvalue weighted by molar-refractivity contribution is 0.371. The third kappa shape index (κ3) is 4.91. The molecule has 1 fully saturated rings. The summed E-state index contributed by atoms with van der Waals surface area (Å²) in [4.78, 5) is 0. The van der Waals surface area contributed by atoms with Crippen LogP contribution in [0.2, 0.25) is 0 Å². The Morgan fingerprint density at radius 1 is 1.20 bits per heavy atom. The van der Waals surface area contributed by atoms with Gasteiger partial charge in [-0.1, -0.05) is 36.8 Å². The first kappa shape index (κ1) is 15.5. The number of nitrogens with one attached hydrogen (secondary N) is 1. The van der Waals surface area contributed by atoms with Crippen molar-refractivity contribution in [1.82, 2.24) is 5.32 Å². The van der Waals surface area contributed by atoms with Crippen molar-refractivity contribution in [3.63, 3.8) is 0 Å². The molecule has 1 aromatic carbocycles. The van der Waals surface area contributed by atoms with Crippen LogP contribution in [0, 0.1) is 0 Å². The van der Waals surface area contributed by atoms with Crippen LogP contribution in [0.3, 0.4) is 0 Å². The summed E-state index contributed by atoms with van der Waals surface area (Å²) in [6.45, 7) is 0.968. The Morgan fingerprint density at radius 3 is 2.65 bits per heavy atom. The lowest BCUT2D eigenvalue weighted by atomic mass is 9.95. The van der Waals surface area contributed by atoms with Gasteiger partial charge in [-0.3, -0.25) is 0 Å². The molecule has 4 heteroatoms. The van der Waals surface area contributed by atoms with E-state index in [2.05, 4.69) is 29.6 Å². The van der Waals surface area contributed by atoms with Crippen LogP contribution in [-0.2, 0) is 16.3 Å². The number of rotatable bonds is 6. The summed E-state index contributed by atoms with van der Waals surface area (Å²) < 4.78 is 23.2. The second-order valence-corrected chi connectivity index (χ2v) is 8.18. The van der Waals surface area contributed by atoms with Crippen LogP contribution < -0.4 is 5.32 Å². The van der Waals surface area contributed by atoms with E-state index in [1.54, 1.807) is 0 Å². The van der Waals surface area contributed by atoms with Gasteiger partial charge in [-0.25, -0.2) is 8.42 Å². The topological polar surface area (TPSA) is 46.2 Å². The maximum atomic E-state index is 11.6. The van der Waals surface area contributed by atoms with Crippen molar-refractivity contribution >= 4 is 9.84 Å². The van der Waals surface area contributed by atoms with Crippen molar-refractivity contribution < 1.29 is 8.42 Å². The average molecular weight is 295 g/mol. The molecule has 1 aliphatic rings. The largest absolute Gasteiger partial charge is 0.314 e. The first-order valence-electron chi connectivity index (χ1n) is 7.52. The Labute approximate surface area is 122 Å². The zero-order chi connectivity index (χ0) is 14.4. The van der Waals surface area contributed by atoms with Crippen LogP contribution in [0.5, 0.6) is 0 Å². The van der Waals surface area contributed by atoms with E-state index in [0.29, 0.717) is 6.04 Å². The fraction of sp³-hybridized carbons (Fsp3) is 0.625. The molecule has 1 aromatic rings. The molecule has 0 saturated heterocycles. The zero-order valence-electron chi connectivity index (χ0n) is 12.2. The molecule has 2 atom stereocenters. The van der Waals surface area contributed by atoms with Crippen LogP contribution >= 0.6 is 0 Å². The highest BCUT2D eigenvalue weighted by atomic mass is 32.2. The van der Waals surface area contributed by atoms with Gasteiger partial charge < -0.3 is 5.32 Å². The predicted octanol–water partition coefficient (Wildman–Crippen LogP) is 2.56. The molecular weight excluding hydrogens is 270 g/mol. The Hall–Kier alpha value is -0.870. The number of sulfone groups is 1. The second-order valence-electron chi connectivity index (χ2n) is 5.86. The summed E-state index contributed by atoms with van der Waals surface area (Å²) in [5.74, 6) is 0. The molecule has 112 valence electrons. The number of benzene rings is 1. The molecule has 1 saturated carbocycles. The molecule has 3 nitrogen and oxygen atoms in total. The minimum Gasteiger partial charge on any atom is -0.314 e. The third-order valence-corrected chi connectivity index (χ3v) is 5.79. The number of hydrogen-bond donors (Lipinski definition) is 1. The lowest BCUT2D eigenvalue weighted by Gasteiger charge is -2.28. The summed E-state index contributed by atoms with van der Waals surface area (Å²) in [6, 6.07) is 10.9. The van der Waals surface area contributed by atoms with Crippen LogP contribution in [0.4, 0.5) is 0 Å². The summed E-state index contributed by atoms with van der Waals surface area (Å²) in [5.41, 5.74) is 1.37. The van der Waals surface area contributed by atoms with E-state index in [-0.39, 0.29) is 5.25 Å². The van der Waals surface area contributed by atoms with Crippen molar-refractivity contribution in [2.24, 2.45) is 0 Å². The van der Waals surface area contributed by atoms with Gasteiger partial charge in [-0.05, 0) is 44.2 Å². The molecule has 0 radical (unpaired) electrons. The summed E-state index contributed by atoms with van der Waals surface area (Å²) in [5, 5.41) is 3.39. The summed E-state index contributed by atoms with van der Waals surface area (Å²) in [7, 11) is -2.87. The average Bonchev–Trinajstić information content (AvgIpc) is 2.44. The predicted molar refractivity (Wildman–Crippen MR) is 83.7 cm³/mol. The van der Waals surface area contributed by atoms with Gasteiger partial charge in [0.15, 0.2) is 0 Å². The number of aryl methyl sites for hydroxylation is 1. The lowest BCUT2D eigenvalue weighted by Crippen LogP contribution is -2.39. The normalized spacial score (nSPS) is 23.6. The van der Waals surface area contributed by atoms with E-state index in [4.69, 9.17) is 0 Å². The molecule has 0 heterocycles. The van der Waals surface area contributed by atoms with Gasteiger partial charge >= 0.3 is 0 Å².